The van der Waals surface area contributed by atoms with E-state index in [0.29, 0.717) is 17.2 Å². The molecule has 6 heteroatoms. The lowest BCUT2D eigenvalue weighted by molar-refractivity contribution is -0.150. The predicted octanol–water partition coefficient (Wildman–Crippen LogP) is 2.46. The van der Waals surface area contributed by atoms with Gasteiger partial charge in [-0.1, -0.05) is 12.1 Å². The van der Waals surface area contributed by atoms with E-state index < -0.39 is 0 Å². The van der Waals surface area contributed by atoms with Crippen LogP contribution in [0.15, 0.2) is 48.9 Å². The van der Waals surface area contributed by atoms with E-state index in [1.807, 2.05) is 42.7 Å². The number of hydrogen-bond donors (Lipinski definition) is 2. The number of hydrogen-bond acceptors (Lipinski definition) is 4. The molecule has 2 N–H and O–H groups in total. The number of H-pyrrole nitrogens is 1. The van der Waals surface area contributed by atoms with Gasteiger partial charge in [0.1, 0.15) is 12.4 Å². The molecule has 22 heavy (non-hydrogen) atoms. The Morgan fingerprint density at radius 1 is 1.36 bits per heavy atom. The van der Waals surface area contributed by atoms with Gasteiger partial charge in [-0.2, -0.15) is 0 Å². The lowest BCUT2D eigenvalue weighted by atomic mass is 10.1. The Bertz CT molecular complexity index is 785. The van der Waals surface area contributed by atoms with Crippen LogP contribution in [0.4, 0.5) is 0 Å². The van der Waals surface area contributed by atoms with Crippen LogP contribution in [0.3, 0.4) is 0 Å². The third-order valence-electron chi connectivity index (χ3n) is 3.34. The summed E-state index contributed by atoms with van der Waals surface area (Å²) in [5.74, 6) is 0.676. The van der Waals surface area contributed by atoms with Crippen molar-refractivity contribution in [2.75, 3.05) is 13.2 Å². The van der Waals surface area contributed by atoms with E-state index >= 15 is 0 Å². The molecule has 0 fully saturated rings. The van der Waals surface area contributed by atoms with Crippen LogP contribution < -0.4 is 4.74 Å². The van der Waals surface area contributed by atoms with Gasteiger partial charge in [0.25, 0.3) is 0 Å². The topological polar surface area (TPSA) is 78.5 Å². The highest BCUT2D eigenvalue weighted by molar-refractivity contribution is 5.94. The summed E-state index contributed by atoms with van der Waals surface area (Å²) in [5, 5.41) is 10.6. The number of hydroxylamine groups is 2. The molecule has 0 radical (unpaired) electrons. The fraction of sp³-hybridized carbons (Fsp3) is 0.125. The maximum Gasteiger partial charge on any atom is 0.233 e. The van der Waals surface area contributed by atoms with E-state index in [0.717, 1.165) is 22.0 Å². The van der Waals surface area contributed by atoms with E-state index in [1.165, 1.54) is 0 Å². The molecule has 0 saturated heterocycles. The quantitative estimate of drug-likeness (QED) is 0.416. The maximum atomic E-state index is 10.3. The Morgan fingerprint density at radius 3 is 3.14 bits per heavy atom. The summed E-state index contributed by atoms with van der Waals surface area (Å²) < 4.78 is 5.54. The fourth-order valence-corrected chi connectivity index (χ4v) is 2.26. The molecule has 0 bridgehead atoms. The van der Waals surface area contributed by atoms with Crippen LogP contribution >= 0.6 is 0 Å². The average Bonchev–Trinajstić information content (AvgIpc) is 2.99. The fourth-order valence-electron chi connectivity index (χ4n) is 2.26. The van der Waals surface area contributed by atoms with Gasteiger partial charge in [-0.15, -0.1) is 0 Å². The minimum atomic E-state index is 0.116. The number of carbonyl (C=O) groups is 1. The first-order chi connectivity index (χ1) is 10.8. The molecule has 0 unspecified atom stereocenters. The molecule has 3 aromatic rings. The van der Waals surface area contributed by atoms with Crippen molar-refractivity contribution in [2.24, 2.45) is 0 Å². The van der Waals surface area contributed by atoms with Gasteiger partial charge >= 0.3 is 0 Å². The molecule has 0 saturated carbocycles. The SMILES string of the molecule is O=CN(O)CCOc1cccc(-c2c[nH]c3ccncc23)c1. The van der Waals surface area contributed by atoms with Crippen molar-refractivity contribution in [2.45, 2.75) is 0 Å². The van der Waals surface area contributed by atoms with E-state index in [4.69, 9.17) is 9.94 Å². The summed E-state index contributed by atoms with van der Waals surface area (Å²) in [5.41, 5.74) is 3.08. The number of carbonyl (C=O) groups excluding carboxylic acids is 1. The molecule has 2 heterocycles. The number of fused-ring (bicyclic) bond motifs is 1. The normalized spacial score (nSPS) is 10.6. The first-order valence-corrected chi connectivity index (χ1v) is 6.83. The summed E-state index contributed by atoms with van der Waals surface area (Å²) in [4.78, 5) is 17.7. The molecule has 1 amide bonds. The first kappa shape index (κ1) is 14.1. The van der Waals surface area contributed by atoms with Crippen LogP contribution in [-0.2, 0) is 4.79 Å². The predicted molar refractivity (Wildman–Crippen MR) is 81.6 cm³/mol. The molecule has 6 nitrogen and oxygen atoms in total. The van der Waals surface area contributed by atoms with Gasteiger partial charge < -0.3 is 9.72 Å². The van der Waals surface area contributed by atoms with Crippen molar-refractivity contribution in [3.05, 3.63) is 48.9 Å². The van der Waals surface area contributed by atoms with Crippen molar-refractivity contribution in [3.63, 3.8) is 0 Å². The highest BCUT2D eigenvalue weighted by Gasteiger charge is 2.07. The van der Waals surface area contributed by atoms with Gasteiger partial charge in [0.2, 0.25) is 6.41 Å². The van der Waals surface area contributed by atoms with E-state index in [9.17, 15) is 4.79 Å². The molecule has 0 aliphatic heterocycles. The number of rotatable bonds is 6. The van der Waals surface area contributed by atoms with E-state index in [1.54, 1.807) is 6.20 Å². The second-order valence-electron chi connectivity index (χ2n) is 4.77. The third-order valence-corrected chi connectivity index (χ3v) is 3.34. The maximum absolute atomic E-state index is 10.3. The van der Waals surface area contributed by atoms with Crippen molar-refractivity contribution >= 4 is 17.3 Å². The zero-order chi connectivity index (χ0) is 15.4. The molecule has 2 aromatic heterocycles. The zero-order valence-corrected chi connectivity index (χ0v) is 11.8. The van der Waals surface area contributed by atoms with Crippen molar-refractivity contribution in [1.29, 1.82) is 0 Å². The molecule has 1 aromatic carbocycles. The van der Waals surface area contributed by atoms with Gasteiger partial charge in [0.05, 0.1) is 6.54 Å². The summed E-state index contributed by atoms with van der Waals surface area (Å²) >= 11 is 0. The summed E-state index contributed by atoms with van der Waals surface area (Å²) in [6, 6.07) is 9.56. The van der Waals surface area contributed by atoms with E-state index in [2.05, 4.69) is 9.97 Å². The van der Waals surface area contributed by atoms with Crippen LogP contribution in [0.5, 0.6) is 5.75 Å². The molecule has 0 aliphatic rings. The second-order valence-corrected chi connectivity index (χ2v) is 4.77. The number of nitrogens with zero attached hydrogens (tertiary/aromatic N) is 2. The van der Waals surface area contributed by atoms with Crippen LogP contribution in [0.25, 0.3) is 22.0 Å². The van der Waals surface area contributed by atoms with Gasteiger partial charge in [-0.3, -0.25) is 15.0 Å². The lowest BCUT2D eigenvalue weighted by Crippen LogP contribution is -2.23. The monoisotopic (exact) mass is 297 g/mol. The van der Waals surface area contributed by atoms with Crippen molar-refractivity contribution in [1.82, 2.24) is 15.0 Å². The van der Waals surface area contributed by atoms with Gasteiger partial charge in [-0.25, -0.2) is 5.06 Å². The van der Waals surface area contributed by atoms with Crippen LogP contribution in [-0.4, -0.2) is 39.8 Å². The third kappa shape index (κ3) is 2.91. The van der Waals surface area contributed by atoms with Crippen LogP contribution in [0, 0.1) is 0 Å². The largest absolute Gasteiger partial charge is 0.492 e. The molecular formula is C16H15N3O3. The number of amides is 1. The molecule has 112 valence electrons. The molecular weight excluding hydrogens is 282 g/mol. The standard InChI is InChI=1S/C16H15N3O3/c20-11-19(21)6-7-22-13-3-1-2-12(8-13)14-10-18-16-4-5-17-9-15(14)16/h1-5,8-11,18,21H,6-7H2. The summed E-state index contributed by atoms with van der Waals surface area (Å²) in [6.07, 6.45) is 5.85. The Hall–Kier alpha value is -2.86. The van der Waals surface area contributed by atoms with Gasteiger partial charge in [-0.05, 0) is 23.8 Å². The molecule has 0 aliphatic carbocycles. The Morgan fingerprint density at radius 2 is 2.27 bits per heavy atom. The van der Waals surface area contributed by atoms with Crippen molar-refractivity contribution < 1.29 is 14.7 Å². The average molecular weight is 297 g/mol. The minimum absolute atomic E-state index is 0.116. The Labute approximate surface area is 126 Å². The highest BCUT2D eigenvalue weighted by Crippen LogP contribution is 2.30. The zero-order valence-electron chi connectivity index (χ0n) is 11.8. The summed E-state index contributed by atoms with van der Waals surface area (Å²) in [6.45, 7) is 0.332. The van der Waals surface area contributed by atoms with E-state index in [-0.39, 0.29) is 13.2 Å². The van der Waals surface area contributed by atoms with Crippen molar-refractivity contribution in [3.8, 4) is 16.9 Å². The first-order valence-electron chi connectivity index (χ1n) is 6.83. The van der Waals surface area contributed by atoms with Crippen LogP contribution in [0.2, 0.25) is 0 Å². The lowest BCUT2D eigenvalue weighted by Gasteiger charge is -2.10. The Balaban J connectivity index is 1.80. The highest BCUT2D eigenvalue weighted by atomic mass is 16.5. The number of pyridine rings is 1. The number of ether oxygens (including phenoxy) is 1. The Kier molecular flexibility index (Phi) is 4.02. The second kappa shape index (κ2) is 6.28. The minimum Gasteiger partial charge on any atom is -0.492 e. The number of aromatic nitrogens is 2. The van der Waals surface area contributed by atoms with Gasteiger partial charge in [0.15, 0.2) is 0 Å². The molecule has 0 atom stereocenters. The van der Waals surface area contributed by atoms with Crippen LogP contribution in [0.1, 0.15) is 0 Å². The molecule has 0 spiro atoms. The number of aromatic amines is 1. The summed E-state index contributed by atoms with van der Waals surface area (Å²) in [7, 11) is 0. The smallest absolute Gasteiger partial charge is 0.233 e. The molecule has 3 rings (SSSR count). The number of benzene rings is 1. The number of nitrogens with one attached hydrogen (secondary N) is 1. The van der Waals surface area contributed by atoms with Gasteiger partial charge in [0, 0.05) is 35.1 Å².